The van der Waals surface area contributed by atoms with Crippen LogP contribution in [0.2, 0.25) is 0 Å². The Morgan fingerprint density at radius 3 is 2.75 bits per heavy atom. The van der Waals surface area contributed by atoms with Gasteiger partial charge in [0.05, 0.1) is 11.8 Å². The van der Waals surface area contributed by atoms with Crippen molar-refractivity contribution in [2.45, 2.75) is 37.8 Å². The average Bonchev–Trinajstić information content (AvgIpc) is 3.45. The zero-order valence-corrected chi connectivity index (χ0v) is 15.8. The molecule has 0 bridgehead atoms. The van der Waals surface area contributed by atoms with Crippen molar-refractivity contribution >= 4 is 11.4 Å². The van der Waals surface area contributed by atoms with Crippen molar-refractivity contribution in [3.05, 3.63) is 55.1 Å². The molecule has 1 aliphatic heterocycles. The predicted molar refractivity (Wildman–Crippen MR) is 107 cm³/mol. The molecule has 0 spiro atoms. The minimum Gasteiger partial charge on any atom is -0.391 e. The average molecular weight is 377 g/mol. The van der Waals surface area contributed by atoms with Gasteiger partial charge in [-0.2, -0.15) is 5.43 Å². The number of β-amino-alcohol motifs (C(OH)–C–C–N with tert-alkyl or cyclic N) is 1. The molecule has 2 fully saturated rings. The van der Waals surface area contributed by atoms with Gasteiger partial charge in [0, 0.05) is 42.5 Å². The lowest BCUT2D eigenvalue weighted by atomic mass is 10.1. The van der Waals surface area contributed by atoms with Crippen LogP contribution in [0.4, 0.5) is 11.4 Å². The van der Waals surface area contributed by atoms with Crippen molar-refractivity contribution in [2.24, 2.45) is 0 Å². The molecule has 28 heavy (non-hydrogen) atoms. The number of nitrogens with one attached hydrogen (secondary N) is 1. The highest BCUT2D eigenvalue weighted by Gasteiger charge is 2.26. The number of piperidine rings is 1. The normalized spacial score (nSPS) is 19.6. The van der Waals surface area contributed by atoms with Crippen molar-refractivity contribution in [3.63, 3.8) is 0 Å². The zero-order chi connectivity index (χ0) is 18.9. The van der Waals surface area contributed by atoms with Gasteiger partial charge in [-0.25, -0.2) is 0 Å². The summed E-state index contributed by atoms with van der Waals surface area (Å²) in [5.41, 5.74) is 6.60. The van der Waals surface area contributed by atoms with Gasteiger partial charge in [0.25, 0.3) is 0 Å². The molecule has 2 aliphatic rings. The van der Waals surface area contributed by atoms with Crippen molar-refractivity contribution in [1.29, 1.82) is 0 Å². The summed E-state index contributed by atoms with van der Waals surface area (Å²) in [4.78, 5) is 2.24. The summed E-state index contributed by atoms with van der Waals surface area (Å²) in [6, 6.07) is 13.0. The van der Waals surface area contributed by atoms with Crippen molar-refractivity contribution < 1.29 is 9.78 Å². The quantitative estimate of drug-likeness (QED) is 0.668. The Hall–Kier alpha value is -2.93. The Kier molecular flexibility index (Phi) is 4.44. The maximum absolute atomic E-state index is 9.88. The van der Waals surface area contributed by atoms with Crippen LogP contribution < -0.4 is 15.0 Å². The van der Waals surface area contributed by atoms with Gasteiger partial charge in [-0.1, -0.05) is 16.8 Å². The number of hydrogen-bond donors (Lipinski definition) is 2. The predicted octanol–water partition coefficient (Wildman–Crippen LogP) is 2.40. The number of hydrogen-bond acceptors (Lipinski definition) is 5. The fourth-order valence-corrected chi connectivity index (χ4v) is 3.84. The highest BCUT2D eigenvalue weighted by Crippen LogP contribution is 2.37. The second-order valence-corrected chi connectivity index (χ2v) is 7.69. The van der Waals surface area contributed by atoms with Crippen LogP contribution in [-0.4, -0.2) is 39.1 Å². The number of rotatable bonds is 5. The number of aromatic nitrogens is 4. The highest BCUT2D eigenvalue weighted by molar-refractivity contribution is 5.62. The van der Waals surface area contributed by atoms with Gasteiger partial charge in [0.2, 0.25) is 12.4 Å². The number of aliphatic hydroxyl groups is 1. The molecule has 0 radical (unpaired) electrons. The summed E-state index contributed by atoms with van der Waals surface area (Å²) < 4.78 is 4.11. The van der Waals surface area contributed by atoms with Crippen LogP contribution in [0.15, 0.2) is 55.1 Å². The molecule has 3 heterocycles. The topological polar surface area (TPSA) is 70.1 Å². The Morgan fingerprint density at radius 1 is 1.11 bits per heavy atom. The molecule has 2 N–H and O–H groups in total. The van der Waals surface area contributed by atoms with E-state index in [9.17, 15) is 5.11 Å². The van der Waals surface area contributed by atoms with Crippen molar-refractivity contribution in [1.82, 2.24) is 14.8 Å². The molecular weight excluding hydrogens is 352 g/mol. The monoisotopic (exact) mass is 377 g/mol. The maximum Gasteiger partial charge on any atom is 0.201 e. The third-order valence-electron chi connectivity index (χ3n) is 5.47. The van der Waals surface area contributed by atoms with Gasteiger partial charge < -0.3 is 14.6 Å². The van der Waals surface area contributed by atoms with Crippen LogP contribution in [0.3, 0.4) is 0 Å². The minimum atomic E-state index is -0.223. The van der Waals surface area contributed by atoms with E-state index in [1.165, 1.54) is 12.8 Å². The molecule has 2 aromatic heterocycles. The summed E-state index contributed by atoms with van der Waals surface area (Å²) >= 11 is 0. The highest BCUT2D eigenvalue weighted by atomic mass is 16.3. The number of pyridine rings is 1. The van der Waals surface area contributed by atoms with E-state index in [1.54, 1.807) is 0 Å². The lowest BCUT2D eigenvalue weighted by Gasteiger charge is -2.31. The van der Waals surface area contributed by atoms with Crippen molar-refractivity contribution in [3.8, 4) is 11.4 Å². The molecule has 3 aromatic rings. The van der Waals surface area contributed by atoms with Crippen LogP contribution in [0.25, 0.3) is 11.4 Å². The standard InChI is InChI=1S/C21H25N6O/c28-20-5-2-10-25(14-20)18-8-11-26(12-9-18)24-17-4-1-3-16(13-17)21-23-22-15-27(21)19-6-7-19/h1,3-4,8-9,11-13,15,19-20,24,28H,2,5-7,10,14H2/q+1. The molecule has 1 saturated heterocycles. The lowest BCUT2D eigenvalue weighted by molar-refractivity contribution is -0.642. The largest absolute Gasteiger partial charge is 0.391 e. The molecule has 1 saturated carbocycles. The second kappa shape index (κ2) is 7.24. The molecule has 1 aliphatic carbocycles. The van der Waals surface area contributed by atoms with Crippen LogP contribution in [-0.2, 0) is 0 Å². The summed E-state index contributed by atoms with van der Waals surface area (Å²) in [5.74, 6) is 0.926. The lowest BCUT2D eigenvalue weighted by Crippen LogP contribution is -2.42. The van der Waals surface area contributed by atoms with Gasteiger partial charge in [-0.15, -0.1) is 10.2 Å². The summed E-state index contributed by atoms with van der Waals surface area (Å²) in [6.45, 7) is 1.71. The number of benzene rings is 1. The molecule has 144 valence electrons. The van der Waals surface area contributed by atoms with E-state index < -0.39 is 0 Å². The molecule has 5 rings (SSSR count). The molecule has 1 atom stereocenters. The Bertz CT molecular complexity index is 950. The van der Waals surface area contributed by atoms with Crippen LogP contribution in [0.5, 0.6) is 0 Å². The third kappa shape index (κ3) is 3.57. The first-order valence-electron chi connectivity index (χ1n) is 9.97. The minimum absolute atomic E-state index is 0.223. The summed E-state index contributed by atoms with van der Waals surface area (Å²) in [6.07, 6.45) is 9.98. The molecule has 1 aromatic carbocycles. The first kappa shape index (κ1) is 17.2. The first-order chi connectivity index (χ1) is 13.8. The Morgan fingerprint density at radius 2 is 1.96 bits per heavy atom. The second-order valence-electron chi connectivity index (χ2n) is 7.69. The van der Waals surface area contributed by atoms with E-state index >= 15 is 0 Å². The van der Waals surface area contributed by atoms with E-state index in [0.29, 0.717) is 12.6 Å². The van der Waals surface area contributed by atoms with Crippen LogP contribution in [0, 0.1) is 0 Å². The maximum atomic E-state index is 9.88. The van der Waals surface area contributed by atoms with Crippen LogP contribution >= 0.6 is 0 Å². The molecular formula is C21H25N6O+. The van der Waals surface area contributed by atoms with Gasteiger partial charge >= 0.3 is 0 Å². The molecule has 0 amide bonds. The third-order valence-corrected chi connectivity index (χ3v) is 5.47. The number of nitrogens with zero attached hydrogens (tertiary/aromatic N) is 5. The van der Waals surface area contributed by atoms with Crippen LogP contribution in [0.1, 0.15) is 31.7 Å². The smallest absolute Gasteiger partial charge is 0.201 e. The fourth-order valence-electron chi connectivity index (χ4n) is 3.84. The number of aliphatic hydroxyl groups excluding tert-OH is 1. The van der Waals surface area contributed by atoms with E-state index in [2.05, 4.69) is 49.4 Å². The van der Waals surface area contributed by atoms with Crippen molar-refractivity contribution in [2.75, 3.05) is 23.4 Å². The van der Waals surface area contributed by atoms with Gasteiger partial charge in [0.1, 0.15) is 6.33 Å². The first-order valence-corrected chi connectivity index (χ1v) is 9.97. The molecule has 1 unspecified atom stereocenters. The van der Waals surface area contributed by atoms with Gasteiger partial charge in [-0.3, -0.25) is 0 Å². The van der Waals surface area contributed by atoms with Gasteiger partial charge in [-0.05, 0) is 37.8 Å². The fraction of sp³-hybridized carbons (Fsp3) is 0.381. The Labute approximate surface area is 164 Å². The van der Waals surface area contributed by atoms with E-state index in [0.717, 1.165) is 42.1 Å². The molecule has 7 heteroatoms. The van der Waals surface area contributed by atoms with E-state index in [1.807, 2.05) is 35.5 Å². The Balaban J connectivity index is 1.31. The van der Waals surface area contributed by atoms with Gasteiger partial charge in [0.15, 0.2) is 5.82 Å². The van der Waals surface area contributed by atoms with E-state index in [4.69, 9.17) is 0 Å². The summed E-state index contributed by atoms with van der Waals surface area (Å²) in [7, 11) is 0. The zero-order valence-electron chi connectivity index (χ0n) is 15.8. The van der Waals surface area contributed by atoms with E-state index in [-0.39, 0.29) is 6.10 Å². The SMILES string of the molecule is OC1CCCN(c2cc[n+](Nc3cccc(-c4nncn4C4CC4)c3)cc2)C1. The number of anilines is 2. The summed E-state index contributed by atoms with van der Waals surface area (Å²) in [5, 5.41) is 18.3. The molecule has 7 nitrogen and oxygen atoms in total.